The zero-order chi connectivity index (χ0) is 36.2. The molecule has 2 N–H and O–H groups in total. The van der Waals surface area contributed by atoms with Gasteiger partial charge in [-0.25, -0.2) is 9.21 Å². The zero-order valence-electron chi connectivity index (χ0n) is 23.6. The van der Waals surface area contributed by atoms with Gasteiger partial charge in [0.2, 0.25) is 0 Å². The van der Waals surface area contributed by atoms with Crippen LogP contribution in [0.3, 0.4) is 0 Å². The molecule has 254 valence electrons. The van der Waals surface area contributed by atoms with Crippen LogP contribution in [-0.4, -0.2) is 53.0 Å². The number of hydrogen-bond acceptors (Lipinski definition) is 8. The lowest BCUT2D eigenvalue weighted by Gasteiger charge is -2.19. The number of nitrogens with zero attached hydrogens (tertiary/aromatic N) is 1. The Labute approximate surface area is 277 Å². The van der Waals surface area contributed by atoms with Crippen molar-refractivity contribution >= 4 is 92.1 Å². The summed E-state index contributed by atoms with van der Waals surface area (Å²) in [6.07, 6.45) is -11.2. The molecule has 2 heterocycles. The van der Waals surface area contributed by atoms with Crippen molar-refractivity contribution in [1.82, 2.24) is 5.06 Å². The summed E-state index contributed by atoms with van der Waals surface area (Å²) < 4.78 is 83.2. The highest BCUT2D eigenvalue weighted by Crippen LogP contribution is 2.45. The Morgan fingerprint density at radius 1 is 0.776 bits per heavy atom. The number of aromatic carboxylic acids is 1. The van der Waals surface area contributed by atoms with E-state index >= 15 is 0 Å². The van der Waals surface area contributed by atoms with Crippen LogP contribution >= 0.6 is 23.2 Å². The number of halogens is 8. The second-order valence-electron chi connectivity index (χ2n) is 10.0. The average Bonchev–Trinajstić information content (AvgIpc) is 3.31. The third kappa shape index (κ3) is 6.77. The third-order valence-corrected chi connectivity index (χ3v) is 7.51. The molecule has 1 aromatic heterocycles. The van der Waals surface area contributed by atoms with Gasteiger partial charge < -0.3 is 25.4 Å². The zero-order valence-corrected chi connectivity index (χ0v) is 25.1. The minimum atomic E-state index is -5.31. The number of hydrogen-bond donors (Lipinski definition) is 2. The van der Waals surface area contributed by atoms with Gasteiger partial charge in [-0.3, -0.25) is 19.2 Å². The number of alkyl halides is 6. The van der Waals surface area contributed by atoms with E-state index in [1.807, 2.05) is 0 Å². The Morgan fingerprint density at radius 3 is 1.67 bits per heavy atom. The highest BCUT2D eigenvalue weighted by atomic mass is 35.5. The molecule has 0 unspecified atom stereocenters. The molecule has 1 fully saturated rings. The smallest absolute Gasteiger partial charge is 0.471 e. The topological polar surface area (TPSA) is 173 Å². The maximum atomic E-state index is 12.9. The molecular formula is C29H13Cl2F6N3O9. The first-order valence-corrected chi connectivity index (χ1v) is 13.9. The molecule has 4 amide bonds. The van der Waals surface area contributed by atoms with E-state index in [1.54, 1.807) is 10.6 Å². The number of amides is 4. The van der Waals surface area contributed by atoms with Gasteiger partial charge in [0, 0.05) is 29.5 Å². The second-order valence-corrected chi connectivity index (χ2v) is 10.8. The summed E-state index contributed by atoms with van der Waals surface area (Å²) >= 11 is 12.8. The average molecular weight is 732 g/mol. The summed E-state index contributed by atoms with van der Waals surface area (Å²) in [5, 5.41) is 14.2. The lowest BCUT2D eigenvalue weighted by Crippen LogP contribution is -2.32. The molecule has 1 saturated heterocycles. The molecule has 0 spiro atoms. The number of carbonyl (C=O) groups is 6. The number of hydroxylamine groups is 2. The van der Waals surface area contributed by atoms with Gasteiger partial charge in [0.25, 0.3) is 11.8 Å². The fourth-order valence-electron chi connectivity index (χ4n) is 4.72. The maximum absolute atomic E-state index is 12.9. The Hall–Kier alpha value is -5.49. The van der Waals surface area contributed by atoms with Gasteiger partial charge in [-0.2, -0.15) is 26.3 Å². The van der Waals surface area contributed by atoms with Crippen LogP contribution in [0.25, 0.3) is 33.1 Å². The maximum Gasteiger partial charge on any atom is 0.471 e. The molecule has 49 heavy (non-hydrogen) atoms. The molecule has 4 aromatic rings. The quantitative estimate of drug-likeness (QED) is 0.114. The number of carbonyl (C=O) groups excluding carboxylic acids is 6. The minimum Gasteiger partial charge on any atom is -0.545 e. The molecule has 0 saturated carbocycles. The number of anilines is 2. The predicted molar refractivity (Wildman–Crippen MR) is 154 cm³/mol. The molecule has 0 bridgehead atoms. The van der Waals surface area contributed by atoms with E-state index in [-0.39, 0.29) is 34.2 Å². The van der Waals surface area contributed by atoms with Crippen LogP contribution in [0.2, 0.25) is 10.0 Å². The molecule has 12 nitrogen and oxygen atoms in total. The van der Waals surface area contributed by atoms with Crippen molar-refractivity contribution in [2.75, 3.05) is 10.6 Å². The van der Waals surface area contributed by atoms with Gasteiger partial charge >= 0.3 is 41.3 Å². The molecule has 20 heteroatoms. The second kappa shape index (κ2) is 12.5. The SMILES string of the molecule is O=C(ON1C(=O)CCC1=O)c1cc(Cl)c(-c2c3ccc(NC(=O)C(F)(F)F)cc3[o+]c3cc(NC(=O)C(F)(F)F)ccc23)c(C(=O)[O-])c1Cl. The number of imide groups is 1. The summed E-state index contributed by atoms with van der Waals surface area (Å²) in [6, 6.07) is 6.65. The molecule has 0 atom stereocenters. The largest absolute Gasteiger partial charge is 0.545 e. The normalized spacial score (nSPS) is 13.6. The van der Waals surface area contributed by atoms with E-state index in [2.05, 4.69) is 0 Å². The molecule has 3 aromatic carbocycles. The van der Waals surface area contributed by atoms with Crippen LogP contribution in [-0.2, 0) is 24.0 Å². The summed E-state index contributed by atoms with van der Waals surface area (Å²) in [4.78, 5) is 77.3. The molecule has 0 aliphatic carbocycles. The number of fused-ring (bicyclic) bond motifs is 2. The van der Waals surface area contributed by atoms with Crippen molar-refractivity contribution in [3.05, 3.63) is 63.6 Å². The predicted octanol–water partition coefficient (Wildman–Crippen LogP) is 5.43. The molecule has 1 aliphatic heterocycles. The van der Waals surface area contributed by atoms with E-state index in [4.69, 9.17) is 32.5 Å². The molecule has 0 radical (unpaired) electrons. The lowest BCUT2D eigenvalue weighted by atomic mass is 9.91. The highest BCUT2D eigenvalue weighted by molar-refractivity contribution is 6.41. The van der Waals surface area contributed by atoms with Crippen molar-refractivity contribution in [3.8, 4) is 11.1 Å². The standard InChI is InChI=1S/C29H13Cl2F6N3O9/c30-15-9-14(25(45)49-40-18(41)5-6-19(40)42)23(31)22(24(43)44)21(15)20-12-3-1-10(38-26(46)28(32,33)34)7-16(12)48-17-8-11(2-4-13(17)20)39-27(47)29(35,36)37/h1-4,7-9H,5-6H2,(H2-,38,39,43,44,46,47). The van der Waals surface area contributed by atoms with E-state index in [0.29, 0.717) is 0 Å². The van der Waals surface area contributed by atoms with Crippen LogP contribution in [0.5, 0.6) is 0 Å². The van der Waals surface area contributed by atoms with E-state index in [0.717, 1.165) is 42.5 Å². The number of nitrogens with one attached hydrogen (secondary N) is 2. The van der Waals surface area contributed by atoms with E-state index in [9.17, 15) is 60.2 Å². The summed E-state index contributed by atoms with van der Waals surface area (Å²) in [6.45, 7) is 0. The van der Waals surface area contributed by atoms with Gasteiger partial charge in [0.15, 0.2) is 0 Å². The first kappa shape index (κ1) is 34.8. The first-order chi connectivity index (χ1) is 22.8. The number of carboxylic acid groups (broad SMARTS) is 1. The van der Waals surface area contributed by atoms with E-state index < -0.39 is 97.2 Å². The molecule has 5 rings (SSSR count). The van der Waals surface area contributed by atoms with Crippen LogP contribution in [0.15, 0.2) is 46.9 Å². The Bertz CT molecular complexity index is 2050. The fourth-order valence-corrected chi connectivity index (χ4v) is 5.32. The molecular weight excluding hydrogens is 719 g/mol. The number of rotatable bonds is 6. The van der Waals surface area contributed by atoms with Crippen molar-refractivity contribution in [2.45, 2.75) is 25.2 Å². The Morgan fingerprint density at radius 2 is 1.24 bits per heavy atom. The van der Waals surface area contributed by atoms with Crippen molar-refractivity contribution in [3.63, 3.8) is 0 Å². The highest BCUT2D eigenvalue weighted by Gasteiger charge is 2.40. The van der Waals surface area contributed by atoms with Gasteiger partial charge in [0.05, 0.1) is 55.9 Å². The van der Waals surface area contributed by atoms with Gasteiger partial charge in [-0.15, -0.1) is 5.06 Å². The van der Waals surface area contributed by atoms with Gasteiger partial charge in [-0.05, 0) is 30.3 Å². The van der Waals surface area contributed by atoms with Crippen LogP contribution in [0.1, 0.15) is 33.6 Å². The minimum absolute atomic E-state index is 0.117. The molecule has 1 aliphatic rings. The van der Waals surface area contributed by atoms with Crippen molar-refractivity contribution in [1.29, 1.82) is 0 Å². The third-order valence-electron chi connectivity index (χ3n) is 6.82. The van der Waals surface area contributed by atoms with Crippen LogP contribution in [0.4, 0.5) is 37.7 Å². The fraction of sp³-hybridized carbons (Fsp3) is 0.138. The summed E-state index contributed by atoms with van der Waals surface area (Å²) in [7, 11) is 0. The number of benzene rings is 3. The van der Waals surface area contributed by atoms with E-state index in [1.165, 1.54) is 0 Å². The summed E-state index contributed by atoms with van der Waals surface area (Å²) in [5.41, 5.74) is -4.21. The van der Waals surface area contributed by atoms with Crippen molar-refractivity contribution < 1.29 is 69.5 Å². The monoisotopic (exact) mass is 731 g/mol. The lowest BCUT2D eigenvalue weighted by molar-refractivity contribution is -0.255. The van der Waals surface area contributed by atoms with Gasteiger partial charge in [-0.1, -0.05) is 23.2 Å². The Kier molecular flexibility index (Phi) is 8.90. The van der Waals surface area contributed by atoms with Crippen LogP contribution in [0, 0.1) is 0 Å². The van der Waals surface area contributed by atoms with Crippen LogP contribution < -0.4 is 15.7 Å². The van der Waals surface area contributed by atoms with Crippen molar-refractivity contribution in [2.24, 2.45) is 0 Å². The number of carboxylic acids is 1. The Balaban J connectivity index is 1.76. The first-order valence-electron chi connectivity index (χ1n) is 13.2. The summed E-state index contributed by atoms with van der Waals surface area (Å²) in [5.74, 6) is -10.0. The van der Waals surface area contributed by atoms with Gasteiger partial charge in [0.1, 0.15) is 0 Å².